The van der Waals surface area contributed by atoms with Crippen LogP contribution in [0.2, 0.25) is 0 Å². The number of hydrogen-bond acceptors (Lipinski definition) is 5. The van der Waals surface area contributed by atoms with Gasteiger partial charge in [-0.15, -0.1) is 0 Å². The average molecular weight is 347 g/mol. The van der Waals surface area contributed by atoms with Crippen LogP contribution >= 0.6 is 0 Å². The highest BCUT2D eigenvalue weighted by molar-refractivity contribution is 5.76. The van der Waals surface area contributed by atoms with E-state index in [-0.39, 0.29) is 11.9 Å². The van der Waals surface area contributed by atoms with E-state index in [1.54, 1.807) is 0 Å². The number of nitrogens with one attached hydrogen (secondary N) is 1. The third-order valence-corrected chi connectivity index (χ3v) is 5.01. The molecule has 0 saturated carbocycles. The summed E-state index contributed by atoms with van der Waals surface area (Å²) in [5, 5.41) is 3.09. The minimum atomic E-state index is -0.0414. The molecule has 0 aromatic heterocycles. The second kappa shape index (κ2) is 8.54. The fraction of sp³-hybridized carbons (Fsp3) is 0.632. The number of benzene rings is 1. The zero-order chi connectivity index (χ0) is 17.6. The molecule has 6 nitrogen and oxygen atoms in total. The third kappa shape index (κ3) is 4.86. The summed E-state index contributed by atoms with van der Waals surface area (Å²) in [7, 11) is 0. The van der Waals surface area contributed by atoms with Crippen LogP contribution in [0.15, 0.2) is 18.2 Å². The largest absolute Gasteiger partial charge is 0.486 e. The quantitative estimate of drug-likeness (QED) is 0.848. The molecule has 1 aromatic carbocycles. The molecule has 138 valence electrons. The summed E-state index contributed by atoms with van der Waals surface area (Å²) in [6.45, 7) is 11.6. The molecular weight excluding hydrogens is 318 g/mol. The van der Waals surface area contributed by atoms with Crippen molar-refractivity contribution in [2.75, 3.05) is 52.5 Å². The number of rotatable bonds is 6. The molecule has 25 heavy (non-hydrogen) atoms. The van der Waals surface area contributed by atoms with Crippen molar-refractivity contribution in [1.82, 2.24) is 15.1 Å². The van der Waals surface area contributed by atoms with Gasteiger partial charge in [0.05, 0.1) is 6.04 Å². The van der Waals surface area contributed by atoms with E-state index in [1.807, 2.05) is 25.1 Å². The first-order valence-corrected chi connectivity index (χ1v) is 9.29. The fourth-order valence-corrected chi connectivity index (χ4v) is 3.32. The number of likely N-dealkylation sites (N-methyl/N-ethyl adjacent to an activating group) is 1. The second-order valence-electron chi connectivity index (χ2n) is 6.72. The molecule has 2 heterocycles. The van der Waals surface area contributed by atoms with Gasteiger partial charge in [-0.25, -0.2) is 0 Å². The molecule has 2 aliphatic rings. The van der Waals surface area contributed by atoms with Crippen molar-refractivity contribution in [3.8, 4) is 11.5 Å². The highest BCUT2D eigenvalue weighted by atomic mass is 16.6. The Bertz CT molecular complexity index is 585. The van der Waals surface area contributed by atoms with Crippen LogP contribution in [0.25, 0.3) is 0 Å². The SMILES string of the molecule is CCN1CCN(CCC(=O)NC(C)c2ccc3c(c2)OCCO3)CC1. The Labute approximate surface area is 150 Å². The standard InChI is InChI=1S/C19H29N3O3/c1-3-21-8-10-22(11-9-21)7-6-19(23)20-15(2)16-4-5-17-18(14-16)25-13-12-24-17/h4-5,14-15H,3,6-13H2,1-2H3,(H,20,23). The van der Waals surface area contributed by atoms with Crippen LogP contribution in [0.5, 0.6) is 11.5 Å². The van der Waals surface area contributed by atoms with Crippen LogP contribution in [0.3, 0.4) is 0 Å². The fourth-order valence-electron chi connectivity index (χ4n) is 3.32. The molecule has 6 heteroatoms. The maximum atomic E-state index is 12.3. The maximum Gasteiger partial charge on any atom is 0.221 e. The van der Waals surface area contributed by atoms with E-state index < -0.39 is 0 Å². The molecule has 1 atom stereocenters. The number of piperazine rings is 1. The highest BCUT2D eigenvalue weighted by Crippen LogP contribution is 2.32. The van der Waals surface area contributed by atoms with Gasteiger partial charge in [-0.1, -0.05) is 13.0 Å². The summed E-state index contributed by atoms with van der Waals surface area (Å²) in [4.78, 5) is 17.1. The predicted octanol–water partition coefficient (Wildman–Crippen LogP) is 1.66. The zero-order valence-corrected chi connectivity index (χ0v) is 15.3. The van der Waals surface area contributed by atoms with Gasteiger partial charge in [-0.3, -0.25) is 4.79 Å². The summed E-state index contributed by atoms with van der Waals surface area (Å²) in [6.07, 6.45) is 0.543. The molecule has 1 unspecified atom stereocenters. The van der Waals surface area contributed by atoms with Gasteiger partial charge in [-0.05, 0) is 31.2 Å². The van der Waals surface area contributed by atoms with Gasteiger partial charge in [0.15, 0.2) is 11.5 Å². The van der Waals surface area contributed by atoms with E-state index in [0.29, 0.717) is 19.6 Å². The monoisotopic (exact) mass is 347 g/mol. The summed E-state index contributed by atoms with van der Waals surface area (Å²) >= 11 is 0. The van der Waals surface area contributed by atoms with Crippen molar-refractivity contribution in [2.24, 2.45) is 0 Å². The van der Waals surface area contributed by atoms with E-state index in [0.717, 1.165) is 56.3 Å². The molecule has 1 N–H and O–H groups in total. The number of hydrogen-bond donors (Lipinski definition) is 1. The van der Waals surface area contributed by atoms with Crippen molar-refractivity contribution in [1.29, 1.82) is 0 Å². The van der Waals surface area contributed by atoms with Crippen molar-refractivity contribution in [3.05, 3.63) is 23.8 Å². The van der Waals surface area contributed by atoms with Gasteiger partial charge in [-0.2, -0.15) is 0 Å². The topological polar surface area (TPSA) is 54.0 Å². The first-order valence-electron chi connectivity index (χ1n) is 9.29. The number of ether oxygens (including phenoxy) is 2. The van der Waals surface area contributed by atoms with Gasteiger partial charge in [0, 0.05) is 39.1 Å². The number of amides is 1. The minimum absolute atomic E-state index is 0.0414. The van der Waals surface area contributed by atoms with Gasteiger partial charge in [0.25, 0.3) is 0 Å². The van der Waals surface area contributed by atoms with Crippen LogP contribution in [0.4, 0.5) is 0 Å². The lowest BCUT2D eigenvalue weighted by atomic mass is 10.1. The van der Waals surface area contributed by atoms with Gasteiger partial charge in [0.1, 0.15) is 13.2 Å². The predicted molar refractivity (Wildman–Crippen MR) is 97.2 cm³/mol. The normalized spacial score (nSPS) is 19.4. The van der Waals surface area contributed by atoms with Crippen LogP contribution in [-0.4, -0.2) is 68.2 Å². The molecule has 1 amide bonds. The Hall–Kier alpha value is -1.79. The van der Waals surface area contributed by atoms with Gasteiger partial charge < -0.3 is 24.6 Å². The van der Waals surface area contributed by atoms with E-state index in [4.69, 9.17) is 9.47 Å². The van der Waals surface area contributed by atoms with Gasteiger partial charge >= 0.3 is 0 Å². The Morgan fingerprint density at radius 3 is 2.52 bits per heavy atom. The first-order chi connectivity index (χ1) is 12.2. The molecule has 1 saturated heterocycles. The Balaban J connectivity index is 1.44. The van der Waals surface area contributed by atoms with Crippen molar-refractivity contribution in [3.63, 3.8) is 0 Å². The van der Waals surface area contributed by atoms with E-state index in [2.05, 4.69) is 22.0 Å². The van der Waals surface area contributed by atoms with Crippen molar-refractivity contribution >= 4 is 5.91 Å². The summed E-state index contributed by atoms with van der Waals surface area (Å²) < 4.78 is 11.2. The Morgan fingerprint density at radius 1 is 1.12 bits per heavy atom. The summed E-state index contributed by atoms with van der Waals surface area (Å²) in [5.41, 5.74) is 1.04. The van der Waals surface area contributed by atoms with Crippen molar-refractivity contribution < 1.29 is 14.3 Å². The number of carbonyl (C=O) groups is 1. The molecular formula is C19H29N3O3. The molecule has 1 aromatic rings. The Kier molecular flexibility index (Phi) is 6.15. The first kappa shape index (κ1) is 18.0. The van der Waals surface area contributed by atoms with Crippen LogP contribution in [0.1, 0.15) is 31.9 Å². The molecule has 3 rings (SSSR count). The molecule has 0 aliphatic carbocycles. The number of carbonyl (C=O) groups excluding carboxylic acids is 1. The maximum absolute atomic E-state index is 12.3. The molecule has 0 spiro atoms. The smallest absolute Gasteiger partial charge is 0.221 e. The second-order valence-corrected chi connectivity index (χ2v) is 6.72. The lowest BCUT2D eigenvalue weighted by molar-refractivity contribution is -0.122. The number of nitrogens with zero attached hydrogens (tertiary/aromatic N) is 2. The Morgan fingerprint density at radius 2 is 1.80 bits per heavy atom. The third-order valence-electron chi connectivity index (χ3n) is 5.01. The number of fused-ring (bicyclic) bond motifs is 1. The molecule has 2 aliphatic heterocycles. The van der Waals surface area contributed by atoms with E-state index in [1.165, 1.54) is 0 Å². The van der Waals surface area contributed by atoms with E-state index in [9.17, 15) is 4.79 Å². The van der Waals surface area contributed by atoms with Crippen LogP contribution in [0, 0.1) is 0 Å². The molecule has 0 bridgehead atoms. The lowest BCUT2D eigenvalue weighted by Crippen LogP contribution is -2.47. The molecule has 0 radical (unpaired) electrons. The zero-order valence-electron chi connectivity index (χ0n) is 15.3. The summed E-state index contributed by atoms with van der Waals surface area (Å²) in [5.74, 6) is 1.64. The summed E-state index contributed by atoms with van der Waals surface area (Å²) in [6, 6.07) is 5.83. The van der Waals surface area contributed by atoms with E-state index >= 15 is 0 Å². The van der Waals surface area contributed by atoms with Crippen molar-refractivity contribution in [2.45, 2.75) is 26.3 Å². The molecule has 1 fully saturated rings. The highest BCUT2D eigenvalue weighted by Gasteiger charge is 2.18. The average Bonchev–Trinajstić information content (AvgIpc) is 2.66. The minimum Gasteiger partial charge on any atom is -0.486 e. The van der Waals surface area contributed by atoms with Crippen LogP contribution in [-0.2, 0) is 4.79 Å². The lowest BCUT2D eigenvalue weighted by Gasteiger charge is -2.33. The van der Waals surface area contributed by atoms with Gasteiger partial charge in [0.2, 0.25) is 5.91 Å². The van der Waals surface area contributed by atoms with Crippen LogP contribution < -0.4 is 14.8 Å².